The summed E-state index contributed by atoms with van der Waals surface area (Å²) in [6.07, 6.45) is 7.28. The number of aryl methyl sites for hydroxylation is 1. The molecular weight excluding hydrogens is 248 g/mol. The number of nitrogens with zero attached hydrogens (tertiary/aromatic N) is 2. The van der Waals surface area contributed by atoms with E-state index in [2.05, 4.69) is 22.2 Å². The average molecular weight is 264 g/mol. The van der Waals surface area contributed by atoms with Gasteiger partial charge in [0.1, 0.15) is 0 Å². The number of nitrogen functional groups attached to an aromatic ring is 1. The Morgan fingerprint density at radius 3 is 2.65 bits per heavy atom. The van der Waals surface area contributed by atoms with E-state index in [0.717, 1.165) is 28.7 Å². The maximum Gasteiger partial charge on any atom is 0.0425 e. The Morgan fingerprint density at radius 1 is 1.00 bits per heavy atom. The molecule has 0 aliphatic rings. The third-order valence-corrected chi connectivity index (χ3v) is 3.47. The first-order valence-electron chi connectivity index (χ1n) is 6.51. The van der Waals surface area contributed by atoms with Gasteiger partial charge in [-0.1, -0.05) is 0 Å². The number of pyridine rings is 2. The minimum Gasteiger partial charge on any atom is -0.398 e. The van der Waals surface area contributed by atoms with Crippen LogP contribution in [0.2, 0.25) is 0 Å². The molecule has 0 aliphatic heterocycles. The molecule has 1 aromatic carbocycles. The molecular formula is C16H16N4. The number of rotatable bonds is 3. The highest BCUT2D eigenvalue weighted by Gasteiger charge is 2.04. The van der Waals surface area contributed by atoms with Crippen LogP contribution in [-0.4, -0.2) is 9.97 Å². The highest BCUT2D eigenvalue weighted by molar-refractivity contribution is 6.00. The molecule has 0 unspecified atom stereocenters. The lowest BCUT2D eigenvalue weighted by molar-refractivity contribution is 1.08. The summed E-state index contributed by atoms with van der Waals surface area (Å²) in [5.41, 5.74) is 10.2. The third kappa shape index (κ3) is 2.28. The van der Waals surface area contributed by atoms with E-state index < -0.39 is 0 Å². The number of anilines is 2. The molecule has 0 bridgehead atoms. The molecule has 0 saturated heterocycles. The van der Waals surface area contributed by atoms with Gasteiger partial charge in [-0.05, 0) is 42.3 Å². The van der Waals surface area contributed by atoms with Crippen molar-refractivity contribution >= 4 is 22.1 Å². The molecule has 3 N–H and O–H groups in total. The second kappa shape index (κ2) is 5.17. The predicted octanol–water partition coefficient (Wildman–Crippen LogP) is 3.13. The first-order valence-corrected chi connectivity index (χ1v) is 6.51. The van der Waals surface area contributed by atoms with E-state index >= 15 is 0 Å². The lowest BCUT2D eigenvalue weighted by atomic mass is 10.1. The van der Waals surface area contributed by atoms with Crippen molar-refractivity contribution in [2.24, 2.45) is 0 Å². The average Bonchev–Trinajstić information content (AvgIpc) is 2.48. The molecule has 0 fully saturated rings. The van der Waals surface area contributed by atoms with Gasteiger partial charge in [0.05, 0.1) is 0 Å². The van der Waals surface area contributed by atoms with Crippen molar-refractivity contribution in [3.8, 4) is 0 Å². The molecule has 3 aromatic rings. The summed E-state index contributed by atoms with van der Waals surface area (Å²) in [7, 11) is 0. The van der Waals surface area contributed by atoms with E-state index in [4.69, 9.17) is 5.73 Å². The topological polar surface area (TPSA) is 63.8 Å². The van der Waals surface area contributed by atoms with Crippen LogP contribution in [0.15, 0.2) is 49.1 Å². The number of hydrogen-bond donors (Lipinski definition) is 2. The monoisotopic (exact) mass is 264 g/mol. The van der Waals surface area contributed by atoms with E-state index in [-0.39, 0.29) is 0 Å². The van der Waals surface area contributed by atoms with E-state index in [1.54, 1.807) is 12.4 Å². The van der Waals surface area contributed by atoms with E-state index in [0.29, 0.717) is 0 Å². The molecule has 0 radical (unpaired) electrons. The molecule has 2 heterocycles. The fourth-order valence-corrected chi connectivity index (χ4v) is 2.24. The standard InChI is InChI=1S/C16H16N4/c1-11-4-6-18-8-12(11)9-20-16-3-2-15(17)14-10-19-7-5-13(14)16/h2-8,10,20H,9,17H2,1H3. The van der Waals surface area contributed by atoms with E-state index in [1.807, 2.05) is 36.7 Å². The predicted molar refractivity (Wildman–Crippen MR) is 82.5 cm³/mol. The Hall–Kier alpha value is -2.62. The molecule has 3 rings (SSSR count). The molecule has 20 heavy (non-hydrogen) atoms. The Balaban J connectivity index is 1.92. The van der Waals surface area contributed by atoms with Gasteiger partial charge < -0.3 is 11.1 Å². The highest BCUT2D eigenvalue weighted by Crippen LogP contribution is 2.27. The van der Waals surface area contributed by atoms with Gasteiger partial charge in [-0.25, -0.2) is 0 Å². The molecule has 2 aromatic heterocycles. The van der Waals surface area contributed by atoms with Crippen molar-refractivity contribution in [1.29, 1.82) is 0 Å². The van der Waals surface area contributed by atoms with Gasteiger partial charge in [0.25, 0.3) is 0 Å². The van der Waals surface area contributed by atoms with Crippen LogP contribution in [0.4, 0.5) is 11.4 Å². The Labute approximate surface area is 117 Å². The summed E-state index contributed by atoms with van der Waals surface area (Å²) in [6.45, 7) is 2.82. The Kier molecular flexibility index (Phi) is 3.21. The fourth-order valence-electron chi connectivity index (χ4n) is 2.24. The maximum absolute atomic E-state index is 5.98. The number of hydrogen-bond acceptors (Lipinski definition) is 4. The zero-order valence-corrected chi connectivity index (χ0v) is 11.3. The van der Waals surface area contributed by atoms with Gasteiger partial charge in [-0.3, -0.25) is 9.97 Å². The van der Waals surface area contributed by atoms with Crippen LogP contribution >= 0.6 is 0 Å². The molecule has 0 atom stereocenters. The summed E-state index contributed by atoms with van der Waals surface area (Å²) in [5, 5.41) is 5.51. The lowest BCUT2D eigenvalue weighted by Gasteiger charge is -2.12. The van der Waals surface area contributed by atoms with Crippen LogP contribution in [0.5, 0.6) is 0 Å². The number of nitrogens with one attached hydrogen (secondary N) is 1. The van der Waals surface area contributed by atoms with Crippen LogP contribution in [0.25, 0.3) is 10.8 Å². The Morgan fingerprint density at radius 2 is 1.80 bits per heavy atom. The Bertz CT molecular complexity index is 752. The largest absolute Gasteiger partial charge is 0.398 e. The zero-order valence-electron chi connectivity index (χ0n) is 11.3. The number of nitrogens with two attached hydrogens (primary N) is 1. The zero-order chi connectivity index (χ0) is 13.9. The molecule has 0 aliphatic carbocycles. The summed E-state index contributed by atoms with van der Waals surface area (Å²) >= 11 is 0. The smallest absolute Gasteiger partial charge is 0.0425 e. The minimum atomic E-state index is 0.737. The molecule has 0 amide bonds. The van der Waals surface area contributed by atoms with Crippen LogP contribution in [0.3, 0.4) is 0 Å². The van der Waals surface area contributed by atoms with Crippen molar-refractivity contribution in [2.45, 2.75) is 13.5 Å². The van der Waals surface area contributed by atoms with Gasteiger partial charge in [0.15, 0.2) is 0 Å². The van der Waals surface area contributed by atoms with Crippen molar-refractivity contribution in [1.82, 2.24) is 9.97 Å². The second-order valence-electron chi connectivity index (χ2n) is 4.78. The summed E-state index contributed by atoms with van der Waals surface area (Å²) in [6, 6.07) is 7.90. The van der Waals surface area contributed by atoms with Gasteiger partial charge in [-0.15, -0.1) is 0 Å². The van der Waals surface area contributed by atoms with Crippen LogP contribution in [0.1, 0.15) is 11.1 Å². The van der Waals surface area contributed by atoms with E-state index in [1.165, 1.54) is 11.1 Å². The molecule has 100 valence electrons. The molecule has 4 heteroatoms. The summed E-state index contributed by atoms with van der Waals surface area (Å²) in [5.74, 6) is 0. The SMILES string of the molecule is Cc1ccncc1CNc1ccc(N)c2cnccc12. The lowest BCUT2D eigenvalue weighted by Crippen LogP contribution is -2.03. The third-order valence-electron chi connectivity index (χ3n) is 3.47. The fraction of sp³-hybridized carbons (Fsp3) is 0.125. The normalized spacial score (nSPS) is 10.7. The van der Waals surface area contributed by atoms with Gasteiger partial charge >= 0.3 is 0 Å². The second-order valence-corrected chi connectivity index (χ2v) is 4.78. The van der Waals surface area contributed by atoms with Crippen molar-refractivity contribution < 1.29 is 0 Å². The minimum absolute atomic E-state index is 0.737. The van der Waals surface area contributed by atoms with Crippen LogP contribution in [-0.2, 0) is 6.54 Å². The maximum atomic E-state index is 5.98. The summed E-state index contributed by atoms with van der Waals surface area (Å²) < 4.78 is 0. The first-order chi connectivity index (χ1) is 9.75. The number of fused-ring (bicyclic) bond motifs is 1. The van der Waals surface area contributed by atoms with Crippen molar-refractivity contribution in [2.75, 3.05) is 11.1 Å². The molecule has 0 saturated carbocycles. The van der Waals surface area contributed by atoms with Crippen LogP contribution < -0.4 is 11.1 Å². The van der Waals surface area contributed by atoms with Crippen molar-refractivity contribution in [3.63, 3.8) is 0 Å². The van der Waals surface area contributed by atoms with Gasteiger partial charge in [-0.2, -0.15) is 0 Å². The number of benzene rings is 1. The summed E-state index contributed by atoms with van der Waals surface area (Å²) in [4.78, 5) is 8.29. The van der Waals surface area contributed by atoms with Crippen molar-refractivity contribution in [3.05, 3.63) is 60.2 Å². The highest BCUT2D eigenvalue weighted by atomic mass is 14.9. The molecule has 4 nitrogen and oxygen atoms in total. The van der Waals surface area contributed by atoms with E-state index in [9.17, 15) is 0 Å². The van der Waals surface area contributed by atoms with Gasteiger partial charge in [0.2, 0.25) is 0 Å². The number of aromatic nitrogens is 2. The molecule has 0 spiro atoms. The van der Waals surface area contributed by atoms with Crippen LogP contribution in [0, 0.1) is 6.92 Å². The quantitative estimate of drug-likeness (QED) is 0.713. The first kappa shape index (κ1) is 12.4. The van der Waals surface area contributed by atoms with Gasteiger partial charge in [0, 0.05) is 53.5 Å².